The van der Waals surface area contributed by atoms with Crippen molar-refractivity contribution in [1.82, 2.24) is 9.97 Å². The summed E-state index contributed by atoms with van der Waals surface area (Å²) in [6.07, 6.45) is 6.64. The fourth-order valence-electron chi connectivity index (χ4n) is 2.29. The van der Waals surface area contributed by atoms with E-state index >= 15 is 0 Å². The molecule has 1 aromatic heterocycles. The summed E-state index contributed by atoms with van der Waals surface area (Å²) in [5.74, 6) is 2.00. The molecule has 17 heavy (non-hydrogen) atoms. The second-order valence-electron chi connectivity index (χ2n) is 4.73. The Hall–Kier alpha value is -1.32. The van der Waals surface area contributed by atoms with Gasteiger partial charge in [-0.05, 0) is 32.6 Å². The summed E-state index contributed by atoms with van der Waals surface area (Å²) < 4.78 is 0. The van der Waals surface area contributed by atoms with Crippen molar-refractivity contribution in [3.05, 3.63) is 12.4 Å². The predicted octanol–water partition coefficient (Wildman–Crippen LogP) is 2.68. The van der Waals surface area contributed by atoms with Crippen molar-refractivity contribution in [2.75, 3.05) is 23.3 Å². The number of hydrogen-bond acceptors (Lipinski definition) is 4. The molecule has 0 saturated carbocycles. The average molecular weight is 234 g/mol. The Balaban J connectivity index is 2.08. The van der Waals surface area contributed by atoms with Crippen molar-refractivity contribution < 1.29 is 0 Å². The van der Waals surface area contributed by atoms with Crippen LogP contribution < -0.4 is 10.2 Å². The zero-order valence-electron chi connectivity index (χ0n) is 10.8. The zero-order chi connectivity index (χ0) is 12.1. The molecule has 0 spiro atoms. The van der Waals surface area contributed by atoms with Crippen LogP contribution in [0.25, 0.3) is 0 Å². The monoisotopic (exact) mass is 234 g/mol. The lowest BCUT2D eigenvalue weighted by Crippen LogP contribution is -2.38. The summed E-state index contributed by atoms with van der Waals surface area (Å²) in [7, 11) is 0. The zero-order valence-corrected chi connectivity index (χ0v) is 10.8. The molecule has 1 N–H and O–H groups in total. The third kappa shape index (κ3) is 3.08. The largest absolute Gasteiger partial charge is 0.370 e. The molecule has 1 aliphatic heterocycles. The van der Waals surface area contributed by atoms with Crippen LogP contribution in [0.3, 0.4) is 0 Å². The molecule has 1 atom stereocenters. The van der Waals surface area contributed by atoms with Crippen molar-refractivity contribution in [1.29, 1.82) is 0 Å². The van der Waals surface area contributed by atoms with Gasteiger partial charge in [0.05, 0.1) is 0 Å². The number of anilines is 2. The summed E-state index contributed by atoms with van der Waals surface area (Å²) in [5.41, 5.74) is 0. The normalized spacial score (nSPS) is 20.4. The van der Waals surface area contributed by atoms with E-state index in [2.05, 4.69) is 40.1 Å². The molecule has 0 amide bonds. The van der Waals surface area contributed by atoms with Gasteiger partial charge in [0.2, 0.25) is 0 Å². The number of nitrogens with zero attached hydrogens (tertiary/aromatic N) is 3. The molecule has 0 aromatic carbocycles. The van der Waals surface area contributed by atoms with Crippen LogP contribution in [-0.2, 0) is 0 Å². The first-order chi connectivity index (χ1) is 8.31. The molecule has 2 rings (SSSR count). The molecular weight excluding hydrogens is 212 g/mol. The van der Waals surface area contributed by atoms with E-state index in [1.807, 2.05) is 0 Å². The highest BCUT2D eigenvalue weighted by Gasteiger charge is 2.19. The van der Waals surface area contributed by atoms with Crippen molar-refractivity contribution in [2.24, 2.45) is 0 Å². The molecule has 1 fully saturated rings. The second kappa shape index (κ2) is 5.84. The van der Waals surface area contributed by atoms with Gasteiger partial charge in [0, 0.05) is 25.2 Å². The lowest BCUT2D eigenvalue weighted by molar-refractivity contribution is 0.481. The van der Waals surface area contributed by atoms with Crippen molar-refractivity contribution in [3.8, 4) is 0 Å². The standard InChI is InChI=1S/C13H22N4/c1-3-7-14-12-9-13(16-10-15-12)17-8-5-4-6-11(17)2/h9-11H,3-8H2,1-2H3,(H,14,15,16). The van der Waals surface area contributed by atoms with Crippen LogP contribution in [0.2, 0.25) is 0 Å². The Kier molecular flexibility index (Phi) is 4.18. The molecule has 2 heterocycles. The maximum Gasteiger partial charge on any atom is 0.134 e. The first-order valence-electron chi connectivity index (χ1n) is 6.64. The maximum atomic E-state index is 4.40. The van der Waals surface area contributed by atoms with Gasteiger partial charge in [0.25, 0.3) is 0 Å². The summed E-state index contributed by atoms with van der Waals surface area (Å²) in [4.78, 5) is 11.0. The van der Waals surface area contributed by atoms with Gasteiger partial charge in [-0.3, -0.25) is 0 Å². The number of aromatic nitrogens is 2. The van der Waals surface area contributed by atoms with E-state index in [-0.39, 0.29) is 0 Å². The number of rotatable bonds is 4. The van der Waals surface area contributed by atoms with E-state index in [9.17, 15) is 0 Å². The third-order valence-corrected chi connectivity index (χ3v) is 3.31. The van der Waals surface area contributed by atoms with Crippen molar-refractivity contribution >= 4 is 11.6 Å². The summed E-state index contributed by atoms with van der Waals surface area (Å²) in [6.45, 7) is 6.51. The minimum absolute atomic E-state index is 0.595. The molecule has 1 aromatic rings. The number of nitrogens with one attached hydrogen (secondary N) is 1. The molecule has 0 bridgehead atoms. The van der Waals surface area contributed by atoms with Gasteiger partial charge in [-0.25, -0.2) is 9.97 Å². The quantitative estimate of drug-likeness (QED) is 0.869. The van der Waals surface area contributed by atoms with Gasteiger partial charge in [-0.2, -0.15) is 0 Å². The van der Waals surface area contributed by atoms with Gasteiger partial charge in [-0.15, -0.1) is 0 Å². The Morgan fingerprint density at radius 2 is 2.29 bits per heavy atom. The first kappa shape index (κ1) is 12.1. The molecule has 0 radical (unpaired) electrons. The lowest BCUT2D eigenvalue weighted by Gasteiger charge is -2.34. The highest BCUT2D eigenvalue weighted by atomic mass is 15.2. The lowest BCUT2D eigenvalue weighted by atomic mass is 10.0. The maximum absolute atomic E-state index is 4.40. The van der Waals surface area contributed by atoms with Crippen molar-refractivity contribution in [2.45, 2.75) is 45.6 Å². The first-order valence-corrected chi connectivity index (χ1v) is 6.64. The Bertz CT molecular complexity index is 353. The van der Waals surface area contributed by atoms with Crippen LogP contribution in [0.1, 0.15) is 39.5 Å². The summed E-state index contributed by atoms with van der Waals surface area (Å²) >= 11 is 0. The average Bonchev–Trinajstić information content (AvgIpc) is 2.37. The molecule has 94 valence electrons. The molecule has 4 nitrogen and oxygen atoms in total. The van der Waals surface area contributed by atoms with Gasteiger partial charge in [-0.1, -0.05) is 6.92 Å². The van der Waals surface area contributed by atoms with E-state index in [0.717, 1.165) is 31.1 Å². The van der Waals surface area contributed by atoms with Crippen LogP contribution >= 0.6 is 0 Å². The molecule has 4 heteroatoms. The van der Waals surface area contributed by atoms with Crippen molar-refractivity contribution in [3.63, 3.8) is 0 Å². The third-order valence-electron chi connectivity index (χ3n) is 3.31. The van der Waals surface area contributed by atoms with E-state index in [1.165, 1.54) is 19.3 Å². The molecule has 1 unspecified atom stereocenters. The van der Waals surface area contributed by atoms with Gasteiger partial charge >= 0.3 is 0 Å². The number of hydrogen-bond donors (Lipinski definition) is 1. The molecular formula is C13H22N4. The Morgan fingerprint density at radius 3 is 3.06 bits per heavy atom. The highest BCUT2D eigenvalue weighted by molar-refractivity contribution is 5.49. The van der Waals surface area contributed by atoms with Crippen LogP contribution in [0, 0.1) is 0 Å². The Labute approximate surface area is 103 Å². The minimum atomic E-state index is 0.595. The predicted molar refractivity (Wildman–Crippen MR) is 71.5 cm³/mol. The van der Waals surface area contributed by atoms with Crippen LogP contribution in [0.5, 0.6) is 0 Å². The molecule has 1 aliphatic rings. The van der Waals surface area contributed by atoms with Gasteiger partial charge < -0.3 is 10.2 Å². The SMILES string of the molecule is CCCNc1cc(N2CCCCC2C)ncn1. The number of piperidine rings is 1. The minimum Gasteiger partial charge on any atom is -0.370 e. The van der Waals surface area contributed by atoms with E-state index < -0.39 is 0 Å². The smallest absolute Gasteiger partial charge is 0.134 e. The summed E-state index contributed by atoms with van der Waals surface area (Å²) in [6, 6.07) is 2.66. The molecule has 0 aliphatic carbocycles. The van der Waals surface area contributed by atoms with Gasteiger partial charge in [0.1, 0.15) is 18.0 Å². The van der Waals surface area contributed by atoms with Crippen LogP contribution in [0.4, 0.5) is 11.6 Å². The van der Waals surface area contributed by atoms with Crippen LogP contribution in [0.15, 0.2) is 12.4 Å². The van der Waals surface area contributed by atoms with E-state index in [0.29, 0.717) is 6.04 Å². The highest BCUT2D eigenvalue weighted by Crippen LogP contribution is 2.23. The second-order valence-corrected chi connectivity index (χ2v) is 4.73. The summed E-state index contributed by atoms with van der Waals surface area (Å²) in [5, 5.41) is 3.31. The fourth-order valence-corrected chi connectivity index (χ4v) is 2.29. The van der Waals surface area contributed by atoms with E-state index in [4.69, 9.17) is 0 Å². The Morgan fingerprint density at radius 1 is 1.41 bits per heavy atom. The van der Waals surface area contributed by atoms with Crippen LogP contribution in [-0.4, -0.2) is 29.1 Å². The molecule has 1 saturated heterocycles. The fraction of sp³-hybridized carbons (Fsp3) is 0.692. The topological polar surface area (TPSA) is 41.0 Å². The van der Waals surface area contributed by atoms with Gasteiger partial charge in [0.15, 0.2) is 0 Å². The van der Waals surface area contributed by atoms with E-state index in [1.54, 1.807) is 6.33 Å².